The Bertz CT molecular complexity index is 508. The molecule has 0 aliphatic carbocycles. The van der Waals surface area contributed by atoms with E-state index in [0.29, 0.717) is 12.3 Å². The molecule has 0 unspecified atom stereocenters. The van der Waals surface area contributed by atoms with Crippen LogP contribution < -0.4 is 15.4 Å². The van der Waals surface area contributed by atoms with Gasteiger partial charge in [-0.2, -0.15) is 0 Å². The molecule has 1 aliphatic rings. The third kappa shape index (κ3) is 5.41. The van der Waals surface area contributed by atoms with Gasteiger partial charge in [0.05, 0.1) is 6.54 Å². The smallest absolute Gasteiger partial charge is 0.257 e. The first kappa shape index (κ1) is 17.5. The largest absolute Gasteiger partial charge is 0.484 e. The molecule has 0 fully saturated rings. The fraction of sp³-hybridized carbons (Fsp3) is 0.429. The Morgan fingerprint density at radius 1 is 1.48 bits per heavy atom. The summed E-state index contributed by atoms with van der Waals surface area (Å²) in [5.74, 6) is 1.46. The van der Waals surface area contributed by atoms with E-state index in [9.17, 15) is 4.79 Å². The van der Waals surface area contributed by atoms with Gasteiger partial charge in [-0.25, -0.2) is 0 Å². The molecular formula is C14H21IN4O2. The van der Waals surface area contributed by atoms with Crippen LogP contribution in [0, 0.1) is 0 Å². The Morgan fingerprint density at radius 3 is 2.95 bits per heavy atom. The fourth-order valence-corrected chi connectivity index (χ4v) is 1.87. The van der Waals surface area contributed by atoms with E-state index in [2.05, 4.69) is 20.5 Å². The van der Waals surface area contributed by atoms with E-state index in [-0.39, 0.29) is 36.5 Å². The molecule has 7 heteroatoms. The van der Waals surface area contributed by atoms with Crippen molar-refractivity contribution in [2.24, 2.45) is 4.99 Å². The first-order chi connectivity index (χ1) is 9.69. The molecule has 116 valence electrons. The number of nitrogens with zero attached hydrogens (tertiary/aromatic N) is 2. The highest BCUT2D eigenvalue weighted by atomic mass is 127. The minimum atomic E-state index is -0.143. The Morgan fingerprint density at radius 2 is 2.29 bits per heavy atom. The summed E-state index contributed by atoms with van der Waals surface area (Å²) < 4.78 is 5.41. The Labute approximate surface area is 142 Å². The second-order valence-corrected chi connectivity index (χ2v) is 4.59. The summed E-state index contributed by atoms with van der Waals surface area (Å²) in [5.41, 5.74) is 1.09. The van der Waals surface area contributed by atoms with Crippen molar-refractivity contribution in [3.8, 4) is 5.75 Å². The van der Waals surface area contributed by atoms with Gasteiger partial charge in [0.25, 0.3) is 5.91 Å². The predicted octanol–water partition coefficient (Wildman–Crippen LogP) is 0.820. The number of hydrogen-bond acceptors (Lipinski definition) is 5. The number of nitrogens with one attached hydrogen (secondary N) is 2. The second-order valence-electron chi connectivity index (χ2n) is 4.59. The number of guanidine groups is 1. The summed E-state index contributed by atoms with van der Waals surface area (Å²) in [4.78, 5) is 17.6. The van der Waals surface area contributed by atoms with Gasteiger partial charge < -0.3 is 20.3 Å². The van der Waals surface area contributed by atoms with Gasteiger partial charge in [-0.3, -0.25) is 9.79 Å². The number of aliphatic imine (C=N–C) groups is 1. The van der Waals surface area contributed by atoms with Crippen LogP contribution in [0.1, 0.15) is 5.56 Å². The summed E-state index contributed by atoms with van der Waals surface area (Å²) in [5, 5.41) is 5.81. The van der Waals surface area contributed by atoms with Gasteiger partial charge in [-0.15, -0.1) is 24.0 Å². The molecule has 0 saturated carbocycles. The normalized spacial score (nSPS) is 13.2. The zero-order valence-electron chi connectivity index (χ0n) is 12.3. The SMILES string of the molecule is CNC(=O)COc1cccc(CNC2=NCCN2C)c1.I. The van der Waals surface area contributed by atoms with E-state index in [1.165, 1.54) is 0 Å². The number of carbonyl (C=O) groups is 1. The molecule has 2 rings (SSSR count). The predicted molar refractivity (Wildman–Crippen MR) is 93.2 cm³/mol. The maximum atomic E-state index is 11.1. The summed E-state index contributed by atoms with van der Waals surface area (Å²) >= 11 is 0. The van der Waals surface area contributed by atoms with Crippen molar-refractivity contribution in [1.82, 2.24) is 15.5 Å². The summed E-state index contributed by atoms with van der Waals surface area (Å²) in [7, 11) is 3.60. The number of halogens is 1. The van der Waals surface area contributed by atoms with Gasteiger partial charge in [0.1, 0.15) is 5.75 Å². The highest BCUT2D eigenvalue weighted by Crippen LogP contribution is 2.13. The van der Waals surface area contributed by atoms with Crippen LogP contribution in [0.25, 0.3) is 0 Å². The van der Waals surface area contributed by atoms with Crippen LogP contribution in [0.5, 0.6) is 5.75 Å². The highest BCUT2D eigenvalue weighted by molar-refractivity contribution is 14.0. The Balaban J connectivity index is 0.00000220. The highest BCUT2D eigenvalue weighted by Gasteiger charge is 2.11. The zero-order chi connectivity index (χ0) is 14.4. The van der Waals surface area contributed by atoms with Crippen molar-refractivity contribution in [3.05, 3.63) is 29.8 Å². The molecular weight excluding hydrogens is 383 g/mol. The fourth-order valence-electron chi connectivity index (χ4n) is 1.87. The van der Waals surface area contributed by atoms with Crippen LogP contribution in [0.3, 0.4) is 0 Å². The average molecular weight is 404 g/mol. The van der Waals surface area contributed by atoms with Crippen LogP contribution in [0.15, 0.2) is 29.3 Å². The van der Waals surface area contributed by atoms with E-state index in [0.717, 1.165) is 24.6 Å². The van der Waals surface area contributed by atoms with E-state index in [1.54, 1.807) is 7.05 Å². The van der Waals surface area contributed by atoms with E-state index >= 15 is 0 Å². The molecule has 0 saturated heterocycles. The van der Waals surface area contributed by atoms with Crippen LogP contribution in [-0.2, 0) is 11.3 Å². The summed E-state index contributed by atoms with van der Waals surface area (Å²) in [6, 6.07) is 7.68. The summed E-state index contributed by atoms with van der Waals surface area (Å²) in [6.45, 7) is 2.51. The lowest BCUT2D eigenvalue weighted by atomic mass is 10.2. The van der Waals surface area contributed by atoms with Crippen molar-refractivity contribution in [1.29, 1.82) is 0 Å². The standard InChI is InChI=1S/C14H20N4O2.HI/c1-15-13(19)10-20-12-5-3-4-11(8-12)9-17-14-16-6-7-18(14)2;/h3-5,8H,6-7,9-10H2,1-2H3,(H,15,19)(H,16,17);1H. The van der Waals surface area contributed by atoms with Gasteiger partial charge in [-0.1, -0.05) is 12.1 Å². The van der Waals surface area contributed by atoms with Gasteiger partial charge >= 0.3 is 0 Å². The van der Waals surface area contributed by atoms with E-state index in [4.69, 9.17) is 4.74 Å². The molecule has 21 heavy (non-hydrogen) atoms. The monoisotopic (exact) mass is 404 g/mol. The van der Waals surface area contributed by atoms with Crippen molar-refractivity contribution >= 4 is 35.8 Å². The van der Waals surface area contributed by atoms with Gasteiger partial charge in [0.15, 0.2) is 12.6 Å². The topological polar surface area (TPSA) is 66.0 Å². The minimum Gasteiger partial charge on any atom is -0.484 e. The summed E-state index contributed by atoms with van der Waals surface area (Å²) in [6.07, 6.45) is 0. The lowest BCUT2D eigenvalue weighted by Gasteiger charge is -2.15. The Kier molecular flexibility index (Phi) is 7.27. The molecule has 0 bridgehead atoms. The number of ether oxygens (including phenoxy) is 1. The van der Waals surface area contributed by atoms with Crippen LogP contribution in [0.4, 0.5) is 0 Å². The average Bonchev–Trinajstić information content (AvgIpc) is 2.88. The number of likely N-dealkylation sites (N-methyl/N-ethyl adjacent to an activating group) is 2. The van der Waals surface area contributed by atoms with Crippen LogP contribution >= 0.6 is 24.0 Å². The minimum absolute atomic E-state index is 0. The molecule has 1 aromatic rings. The van der Waals surface area contributed by atoms with Crippen molar-refractivity contribution in [2.75, 3.05) is 33.8 Å². The molecule has 1 heterocycles. The molecule has 2 N–H and O–H groups in total. The first-order valence-electron chi connectivity index (χ1n) is 6.61. The number of carbonyl (C=O) groups excluding carboxylic acids is 1. The van der Waals surface area contributed by atoms with Crippen molar-refractivity contribution in [3.63, 3.8) is 0 Å². The van der Waals surface area contributed by atoms with Gasteiger partial charge in [-0.05, 0) is 17.7 Å². The second kappa shape index (κ2) is 8.71. The van der Waals surface area contributed by atoms with E-state index < -0.39 is 0 Å². The molecule has 0 aromatic heterocycles. The maximum absolute atomic E-state index is 11.1. The number of rotatable bonds is 5. The molecule has 6 nitrogen and oxygen atoms in total. The molecule has 0 spiro atoms. The number of benzene rings is 1. The van der Waals surface area contributed by atoms with Crippen molar-refractivity contribution < 1.29 is 9.53 Å². The first-order valence-corrected chi connectivity index (χ1v) is 6.61. The van der Waals surface area contributed by atoms with Crippen LogP contribution in [0.2, 0.25) is 0 Å². The number of amides is 1. The third-order valence-corrected chi connectivity index (χ3v) is 3.06. The molecule has 1 aromatic carbocycles. The number of hydrogen-bond donors (Lipinski definition) is 2. The Hall–Kier alpha value is -1.51. The van der Waals surface area contributed by atoms with Crippen LogP contribution in [-0.4, -0.2) is 50.6 Å². The lowest BCUT2D eigenvalue weighted by Crippen LogP contribution is -2.35. The maximum Gasteiger partial charge on any atom is 0.257 e. The van der Waals surface area contributed by atoms with Gasteiger partial charge in [0, 0.05) is 27.2 Å². The molecule has 0 radical (unpaired) electrons. The quantitative estimate of drug-likeness (QED) is 0.714. The molecule has 0 atom stereocenters. The van der Waals surface area contributed by atoms with Gasteiger partial charge in [0.2, 0.25) is 0 Å². The molecule has 1 amide bonds. The van der Waals surface area contributed by atoms with Crippen molar-refractivity contribution in [2.45, 2.75) is 6.54 Å². The lowest BCUT2D eigenvalue weighted by molar-refractivity contribution is -0.122. The van der Waals surface area contributed by atoms with E-state index in [1.807, 2.05) is 31.3 Å². The zero-order valence-corrected chi connectivity index (χ0v) is 14.6. The molecule has 1 aliphatic heterocycles. The third-order valence-electron chi connectivity index (χ3n) is 3.06.